The van der Waals surface area contributed by atoms with Gasteiger partial charge in [0, 0.05) is 16.6 Å². The highest BCUT2D eigenvalue weighted by Gasteiger charge is 2.23. The zero-order valence-electron chi connectivity index (χ0n) is 21.3. The number of aryl methyl sites for hydroxylation is 2. The van der Waals surface area contributed by atoms with Crippen molar-refractivity contribution in [3.8, 4) is 22.3 Å². The molecule has 1 aliphatic carbocycles. The minimum Gasteiger partial charge on any atom is -0.358 e. The number of benzene rings is 5. The van der Waals surface area contributed by atoms with Gasteiger partial charge in [0.25, 0.3) is 0 Å². The summed E-state index contributed by atoms with van der Waals surface area (Å²) in [5, 5.41) is 6.61. The Kier molecular flexibility index (Phi) is 4.53. The Labute approximate surface area is 212 Å². The Morgan fingerprint density at radius 2 is 1.14 bits per heavy atom. The lowest BCUT2D eigenvalue weighted by atomic mass is 9.83. The summed E-state index contributed by atoms with van der Waals surface area (Å²) in [7, 11) is 0. The second kappa shape index (κ2) is 7.70. The third kappa shape index (κ3) is 2.96. The van der Waals surface area contributed by atoms with Gasteiger partial charge >= 0.3 is 0 Å². The lowest BCUT2D eigenvalue weighted by molar-refractivity contribution is 1.20. The van der Waals surface area contributed by atoms with E-state index in [1.807, 2.05) is 0 Å². The summed E-state index contributed by atoms with van der Waals surface area (Å²) >= 11 is 0. The number of aromatic amines is 1. The maximum atomic E-state index is 3.65. The average molecular weight is 464 g/mol. The summed E-state index contributed by atoms with van der Waals surface area (Å²) in [5.74, 6) is 0. The molecule has 1 heterocycles. The first-order chi connectivity index (χ1) is 17.5. The summed E-state index contributed by atoms with van der Waals surface area (Å²) in [4.78, 5) is 3.65. The number of hydrogen-bond donors (Lipinski definition) is 1. The van der Waals surface area contributed by atoms with Gasteiger partial charge in [-0.05, 0) is 124 Å². The van der Waals surface area contributed by atoms with Crippen molar-refractivity contribution in [2.45, 2.75) is 34.1 Å². The number of H-pyrrole nitrogens is 1. The molecule has 1 nitrogen and oxygen atoms in total. The number of allylic oxidation sites excluding steroid dienone is 2. The van der Waals surface area contributed by atoms with Crippen LogP contribution in [0.2, 0.25) is 0 Å². The van der Waals surface area contributed by atoms with E-state index in [-0.39, 0.29) is 0 Å². The molecule has 0 unspecified atom stereocenters. The van der Waals surface area contributed by atoms with Crippen molar-refractivity contribution in [3.05, 3.63) is 113 Å². The molecular weight excluding hydrogens is 434 g/mol. The van der Waals surface area contributed by atoms with Crippen molar-refractivity contribution in [2.75, 3.05) is 0 Å². The fourth-order valence-electron chi connectivity index (χ4n) is 6.25. The van der Waals surface area contributed by atoms with Crippen LogP contribution in [0.3, 0.4) is 0 Å². The molecule has 36 heavy (non-hydrogen) atoms. The zero-order valence-corrected chi connectivity index (χ0v) is 21.3. The van der Waals surface area contributed by atoms with Crippen LogP contribution in [0.5, 0.6) is 0 Å². The minimum atomic E-state index is 1.04. The largest absolute Gasteiger partial charge is 0.358 e. The zero-order chi connectivity index (χ0) is 24.6. The molecule has 174 valence electrons. The minimum absolute atomic E-state index is 1.04. The molecule has 0 bridgehead atoms. The topological polar surface area (TPSA) is 15.8 Å². The van der Waals surface area contributed by atoms with Crippen LogP contribution >= 0.6 is 0 Å². The second-order valence-corrected chi connectivity index (χ2v) is 10.4. The second-order valence-electron chi connectivity index (χ2n) is 10.4. The molecule has 0 saturated heterocycles. The molecule has 7 rings (SSSR count). The highest BCUT2D eigenvalue weighted by molar-refractivity contribution is 6.24. The van der Waals surface area contributed by atoms with E-state index in [1.165, 1.54) is 88.2 Å². The van der Waals surface area contributed by atoms with Gasteiger partial charge in [0.1, 0.15) is 0 Å². The molecule has 1 heteroatoms. The summed E-state index contributed by atoms with van der Waals surface area (Å²) in [6.07, 6.45) is 1.04. The maximum Gasteiger partial charge on any atom is 0.0465 e. The third-order valence-corrected chi connectivity index (χ3v) is 8.39. The van der Waals surface area contributed by atoms with Crippen LogP contribution in [0.15, 0.2) is 90.5 Å². The Hall–Kier alpha value is -4.10. The van der Waals surface area contributed by atoms with Crippen LogP contribution in [0.4, 0.5) is 0 Å². The molecule has 6 aromatic rings. The van der Waals surface area contributed by atoms with Gasteiger partial charge < -0.3 is 4.98 Å². The van der Waals surface area contributed by atoms with Crippen molar-refractivity contribution < 1.29 is 0 Å². The smallest absolute Gasteiger partial charge is 0.0465 e. The maximum absolute atomic E-state index is 3.65. The van der Waals surface area contributed by atoms with Crippen LogP contribution in [-0.2, 0) is 6.42 Å². The first-order valence-corrected chi connectivity index (χ1v) is 12.8. The predicted octanol–water partition coefficient (Wildman–Crippen LogP) is 9.77. The Morgan fingerprint density at radius 1 is 0.583 bits per heavy atom. The molecule has 5 aromatic carbocycles. The molecule has 0 spiro atoms. The molecule has 1 aliphatic rings. The van der Waals surface area contributed by atoms with E-state index in [2.05, 4.69) is 118 Å². The predicted molar refractivity (Wildman–Crippen MR) is 156 cm³/mol. The highest BCUT2D eigenvalue weighted by Crippen LogP contribution is 2.47. The third-order valence-electron chi connectivity index (χ3n) is 8.39. The van der Waals surface area contributed by atoms with Crippen LogP contribution < -0.4 is 0 Å². The number of rotatable bonds is 2. The summed E-state index contributed by atoms with van der Waals surface area (Å²) in [6, 6.07) is 31.7. The Balaban J connectivity index is 1.76. The van der Waals surface area contributed by atoms with Crippen molar-refractivity contribution in [1.29, 1.82) is 0 Å². The van der Waals surface area contributed by atoms with Gasteiger partial charge in [-0.3, -0.25) is 0 Å². The normalized spacial score (nSPS) is 13.3. The molecule has 1 aromatic heterocycles. The fourth-order valence-corrected chi connectivity index (χ4v) is 6.25. The molecule has 0 aliphatic heterocycles. The van der Waals surface area contributed by atoms with E-state index in [1.54, 1.807) is 0 Å². The van der Waals surface area contributed by atoms with E-state index < -0.39 is 0 Å². The van der Waals surface area contributed by atoms with Gasteiger partial charge in [-0.1, -0.05) is 66.2 Å². The molecule has 0 radical (unpaired) electrons. The summed E-state index contributed by atoms with van der Waals surface area (Å²) < 4.78 is 0. The average Bonchev–Trinajstić information content (AvgIpc) is 3.34. The quantitative estimate of drug-likeness (QED) is 0.246. The van der Waals surface area contributed by atoms with Gasteiger partial charge in [0.15, 0.2) is 0 Å². The van der Waals surface area contributed by atoms with Gasteiger partial charge in [0.05, 0.1) is 0 Å². The SMILES string of the molecule is CC1=C(C)c2cc3c(-c4ccccc4)c4cc5[nH]c(C)c(C)c5cc4c(-c4ccccc4)c3cc2C1. The molecule has 0 fully saturated rings. The fraction of sp³-hybridized carbons (Fsp3) is 0.143. The van der Waals surface area contributed by atoms with Crippen LogP contribution in [-0.4, -0.2) is 4.98 Å². The van der Waals surface area contributed by atoms with E-state index in [9.17, 15) is 0 Å². The molecule has 0 atom stereocenters. The van der Waals surface area contributed by atoms with Crippen molar-refractivity contribution in [1.82, 2.24) is 4.98 Å². The molecule has 0 saturated carbocycles. The lowest BCUT2D eigenvalue weighted by Gasteiger charge is -2.20. The number of nitrogens with one attached hydrogen (secondary N) is 1. The van der Waals surface area contributed by atoms with E-state index in [0.717, 1.165) is 6.42 Å². The summed E-state index contributed by atoms with van der Waals surface area (Å²) in [5.41, 5.74) is 14.7. The van der Waals surface area contributed by atoms with Crippen molar-refractivity contribution in [3.63, 3.8) is 0 Å². The Bertz CT molecular complexity index is 1870. The molecule has 1 N–H and O–H groups in total. The number of fused-ring (bicyclic) bond motifs is 4. The van der Waals surface area contributed by atoms with E-state index in [0.29, 0.717) is 0 Å². The van der Waals surface area contributed by atoms with Gasteiger partial charge in [0.2, 0.25) is 0 Å². The first-order valence-electron chi connectivity index (χ1n) is 12.8. The van der Waals surface area contributed by atoms with Gasteiger partial charge in [-0.15, -0.1) is 0 Å². The lowest BCUT2D eigenvalue weighted by Crippen LogP contribution is -1.94. The van der Waals surface area contributed by atoms with E-state index >= 15 is 0 Å². The van der Waals surface area contributed by atoms with E-state index in [4.69, 9.17) is 0 Å². The standard InChI is InChI=1S/C35H29N/c1-20-15-26-16-29-30(17-27(26)21(20)2)35(25-13-9-6-10-14-25)32-19-33-28(22(3)23(4)36-33)18-31(32)34(29)24-11-7-5-8-12-24/h5-14,16-19,36H,15H2,1-4H3. The van der Waals surface area contributed by atoms with Crippen molar-refractivity contribution in [2.24, 2.45) is 0 Å². The van der Waals surface area contributed by atoms with Crippen LogP contribution in [0, 0.1) is 13.8 Å². The molecule has 0 amide bonds. The van der Waals surface area contributed by atoms with Crippen LogP contribution in [0.25, 0.3) is 60.3 Å². The number of hydrogen-bond acceptors (Lipinski definition) is 0. The van der Waals surface area contributed by atoms with Gasteiger partial charge in [-0.2, -0.15) is 0 Å². The Morgan fingerprint density at radius 3 is 1.78 bits per heavy atom. The van der Waals surface area contributed by atoms with Crippen LogP contribution in [0.1, 0.15) is 36.2 Å². The first kappa shape index (κ1) is 21.2. The monoisotopic (exact) mass is 463 g/mol. The van der Waals surface area contributed by atoms with Gasteiger partial charge in [-0.25, -0.2) is 0 Å². The molecular formula is C35H29N. The van der Waals surface area contributed by atoms with Crippen molar-refractivity contribution >= 4 is 38.0 Å². The number of aromatic nitrogens is 1. The summed E-state index contributed by atoms with van der Waals surface area (Å²) in [6.45, 7) is 8.96. The highest BCUT2D eigenvalue weighted by atomic mass is 14.7.